The van der Waals surface area contributed by atoms with Crippen molar-refractivity contribution in [3.05, 3.63) is 59.7 Å². The predicted molar refractivity (Wildman–Crippen MR) is 131 cm³/mol. The lowest BCUT2D eigenvalue weighted by Crippen LogP contribution is -2.41. The normalized spacial score (nSPS) is 13.0. The van der Waals surface area contributed by atoms with Gasteiger partial charge < -0.3 is 25.2 Å². The number of carbonyl (C=O) groups is 3. The summed E-state index contributed by atoms with van der Waals surface area (Å²) in [5.74, 6) is -0.776. The smallest absolute Gasteiger partial charge is 0.407 e. The average Bonchev–Trinajstić information content (AvgIpc) is 3.16. The highest BCUT2D eigenvalue weighted by atomic mass is 32.2. The number of amides is 2. The molecule has 3 N–H and O–H groups in total. The van der Waals surface area contributed by atoms with Gasteiger partial charge in [-0.2, -0.15) is 11.8 Å². The summed E-state index contributed by atoms with van der Waals surface area (Å²) in [6.07, 6.45) is 1.77. The van der Waals surface area contributed by atoms with Gasteiger partial charge in [0.1, 0.15) is 12.6 Å². The van der Waals surface area contributed by atoms with Crippen LogP contribution in [0.25, 0.3) is 11.1 Å². The molecule has 9 heteroatoms. The van der Waals surface area contributed by atoms with E-state index in [1.54, 1.807) is 0 Å². The predicted octanol–water partition coefficient (Wildman–Crippen LogP) is 3.25. The fraction of sp³-hybridized carbons (Fsp3) is 0.400. The number of ether oxygens (including phenoxy) is 2. The number of nitrogens with one attached hydrogen (secondary N) is 2. The van der Waals surface area contributed by atoms with E-state index in [0.717, 1.165) is 11.1 Å². The number of hydrogen-bond acceptors (Lipinski definition) is 6. The van der Waals surface area contributed by atoms with E-state index >= 15 is 0 Å². The van der Waals surface area contributed by atoms with Crippen LogP contribution in [0.2, 0.25) is 0 Å². The van der Waals surface area contributed by atoms with Crippen LogP contribution in [0.5, 0.6) is 0 Å². The summed E-state index contributed by atoms with van der Waals surface area (Å²) >= 11 is 1.52. The maximum atomic E-state index is 12.1. The molecule has 182 valence electrons. The van der Waals surface area contributed by atoms with Gasteiger partial charge in [-0.3, -0.25) is 4.79 Å². The Kier molecular flexibility index (Phi) is 9.78. The topological polar surface area (TPSA) is 114 Å². The van der Waals surface area contributed by atoms with Crippen molar-refractivity contribution in [3.8, 4) is 11.1 Å². The first-order chi connectivity index (χ1) is 16.5. The van der Waals surface area contributed by atoms with E-state index in [2.05, 4.69) is 34.9 Å². The maximum Gasteiger partial charge on any atom is 0.407 e. The number of carbonyl (C=O) groups excluding carboxylic acids is 2. The number of rotatable bonds is 13. The SMILES string of the molecule is CSCC[C@H](NC(=O)CCOCCNC(=O)OCC1c2ccccc2-c2ccccc21)C(=O)O. The van der Waals surface area contributed by atoms with Gasteiger partial charge in [0.2, 0.25) is 5.91 Å². The Balaban J connectivity index is 1.32. The summed E-state index contributed by atoms with van der Waals surface area (Å²) in [6, 6.07) is 15.4. The summed E-state index contributed by atoms with van der Waals surface area (Å²) in [4.78, 5) is 35.2. The van der Waals surface area contributed by atoms with Crippen LogP contribution in [0, 0.1) is 0 Å². The molecule has 0 saturated heterocycles. The number of hydrogen-bond donors (Lipinski definition) is 3. The molecule has 0 aliphatic heterocycles. The zero-order valence-corrected chi connectivity index (χ0v) is 19.9. The zero-order valence-electron chi connectivity index (χ0n) is 19.1. The third-order valence-corrected chi connectivity index (χ3v) is 6.22. The van der Waals surface area contributed by atoms with Gasteiger partial charge in [-0.25, -0.2) is 9.59 Å². The van der Waals surface area contributed by atoms with Crippen molar-refractivity contribution in [2.45, 2.75) is 24.8 Å². The third kappa shape index (κ3) is 6.98. The molecule has 1 atom stereocenters. The van der Waals surface area contributed by atoms with E-state index in [9.17, 15) is 14.4 Å². The Morgan fingerprint density at radius 2 is 1.68 bits per heavy atom. The van der Waals surface area contributed by atoms with Gasteiger partial charge in [0.05, 0.1) is 13.2 Å². The Bertz CT molecular complexity index is 953. The van der Waals surface area contributed by atoms with E-state index in [4.69, 9.17) is 14.6 Å². The highest BCUT2D eigenvalue weighted by molar-refractivity contribution is 7.98. The molecule has 2 aromatic carbocycles. The lowest BCUT2D eigenvalue weighted by atomic mass is 9.98. The lowest BCUT2D eigenvalue weighted by Gasteiger charge is -2.15. The molecule has 8 nitrogen and oxygen atoms in total. The van der Waals surface area contributed by atoms with Crippen molar-refractivity contribution in [1.29, 1.82) is 0 Å². The van der Waals surface area contributed by atoms with Gasteiger partial charge in [0.25, 0.3) is 0 Å². The second kappa shape index (κ2) is 13.0. The Morgan fingerprint density at radius 3 is 2.29 bits per heavy atom. The average molecular weight is 487 g/mol. The minimum absolute atomic E-state index is 0.00143. The van der Waals surface area contributed by atoms with Crippen LogP contribution in [0.1, 0.15) is 29.9 Å². The molecule has 1 aliphatic rings. The van der Waals surface area contributed by atoms with E-state index < -0.39 is 18.1 Å². The van der Waals surface area contributed by atoms with E-state index in [1.807, 2.05) is 30.5 Å². The first kappa shape index (κ1) is 25.6. The molecule has 0 unspecified atom stereocenters. The van der Waals surface area contributed by atoms with Crippen molar-refractivity contribution >= 4 is 29.7 Å². The fourth-order valence-corrected chi connectivity index (χ4v) is 4.37. The molecule has 2 amide bonds. The first-order valence-corrected chi connectivity index (χ1v) is 12.6. The lowest BCUT2D eigenvalue weighted by molar-refractivity contribution is -0.142. The van der Waals surface area contributed by atoms with Crippen molar-refractivity contribution in [2.75, 3.05) is 38.4 Å². The van der Waals surface area contributed by atoms with Gasteiger partial charge in [-0.15, -0.1) is 0 Å². The van der Waals surface area contributed by atoms with Gasteiger partial charge >= 0.3 is 12.1 Å². The highest BCUT2D eigenvalue weighted by Crippen LogP contribution is 2.44. The van der Waals surface area contributed by atoms with Crippen molar-refractivity contribution in [1.82, 2.24) is 10.6 Å². The number of benzene rings is 2. The van der Waals surface area contributed by atoms with Crippen molar-refractivity contribution < 1.29 is 29.0 Å². The molecule has 0 heterocycles. The summed E-state index contributed by atoms with van der Waals surface area (Å²) in [5.41, 5.74) is 4.64. The first-order valence-electron chi connectivity index (χ1n) is 11.2. The molecule has 0 fully saturated rings. The number of carboxylic acid groups (broad SMARTS) is 1. The zero-order chi connectivity index (χ0) is 24.3. The second-order valence-electron chi connectivity index (χ2n) is 7.85. The summed E-state index contributed by atoms with van der Waals surface area (Å²) in [6.45, 7) is 0.825. The minimum Gasteiger partial charge on any atom is -0.480 e. The third-order valence-electron chi connectivity index (χ3n) is 5.58. The molecule has 1 aliphatic carbocycles. The molecule has 0 aromatic heterocycles. The van der Waals surface area contributed by atoms with Crippen LogP contribution in [0.4, 0.5) is 4.79 Å². The standard InChI is InChI=1S/C25H30N2O6S/c1-34-15-11-22(24(29)30)27-23(28)10-13-32-14-12-26-25(31)33-16-21-19-8-4-2-6-17(19)18-7-3-5-9-20(18)21/h2-9,21-22H,10-16H2,1H3,(H,26,31)(H,27,28)(H,29,30)/t22-/m0/s1. The summed E-state index contributed by atoms with van der Waals surface area (Å²) in [7, 11) is 0. The summed E-state index contributed by atoms with van der Waals surface area (Å²) in [5, 5.41) is 14.3. The molecule has 0 radical (unpaired) electrons. The van der Waals surface area contributed by atoms with Crippen LogP contribution >= 0.6 is 11.8 Å². The monoisotopic (exact) mass is 486 g/mol. The van der Waals surface area contributed by atoms with Crippen LogP contribution in [-0.2, 0) is 19.1 Å². The molecular weight excluding hydrogens is 456 g/mol. The van der Waals surface area contributed by atoms with Crippen molar-refractivity contribution in [2.24, 2.45) is 0 Å². The number of alkyl carbamates (subject to hydrolysis) is 1. The van der Waals surface area contributed by atoms with Crippen LogP contribution < -0.4 is 10.6 Å². The molecule has 0 bridgehead atoms. The summed E-state index contributed by atoms with van der Waals surface area (Å²) < 4.78 is 10.8. The second-order valence-corrected chi connectivity index (χ2v) is 8.84. The number of aliphatic carboxylic acids is 1. The minimum atomic E-state index is -1.05. The number of carboxylic acids is 1. The highest BCUT2D eigenvalue weighted by Gasteiger charge is 2.29. The molecular formula is C25H30N2O6S. The van der Waals surface area contributed by atoms with Crippen LogP contribution in [0.3, 0.4) is 0 Å². The Hall–Kier alpha value is -3.04. The van der Waals surface area contributed by atoms with E-state index in [1.165, 1.54) is 22.9 Å². The molecule has 2 aromatic rings. The fourth-order valence-electron chi connectivity index (χ4n) is 3.90. The van der Waals surface area contributed by atoms with Crippen LogP contribution in [0.15, 0.2) is 48.5 Å². The largest absolute Gasteiger partial charge is 0.480 e. The molecule has 34 heavy (non-hydrogen) atoms. The number of thioether (sulfide) groups is 1. The van der Waals surface area contributed by atoms with E-state index in [0.29, 0.717) is 12.2 Å². The Morgan fingerprint density at radius 1 is 1.03 bits per heavy atom. The Labute approximate surface area is 203 Å². The molecule has 3 rings (SSSR count). The van der Waals surface area contributed by atoms with Gasteiger partial charge in [-0.1, -0.05) is 48.5 Å². The number of fused-ring (bicyclic) bond motifs is 3. The van der Waals surface area contributed by atoms with Crippen LogP contribution in [-0.4, -0.2) is 67.5 Å². The maximum absolute atomic E-state index is 12.1. The molecule has 0 spiro atoms. The van der Waals surface area contributed by atoms with Gasteiger partial charge in [0, 0.05) is 18.9 Å². The van der Waals surface area contributed by atoms with Gasteiger partial charge in [0.15, 0.2) is 0 Å². The molecule has 0 saturated carbocycles. The van der Waals surface area contributed by atoms with E-state index in [-0.39, 0.29) is 44.6 Å². The van der Waals surface area contributed by atoms with Gasteiger partial charge in [-0.05, 0) is 40.7 Å². The quantitative estimate of drug-likeness (QED) is 0.373. The van der Waals surface area contributed by atoms with Crippen molar-refractivity contribution in [3.63, 3.8) is 0 Å².